The van der Waals surface area contributed by atoms with Crippen LogP contribution in [0.3, 0.4) is 0 Å². The molecular formula is C15H19N3O3. The zero-order valence-electron chi connectivity index (χ0n) is 12.1. The predicted molar refractivity (Wildman–Crippen MR) is 74.0 cm³/mol. The van der Waals surface area contributed by atoms with E-state index in [0.717, 1.165) is 49.3 Å². The number of rotatable bonds is 2. The van der Waals surface area contributed by atoms with E-state index in [2.05, 4.69) is 10.3 Å². The topological polar surface area (TPSA) is 73.3 Å². The monoisotopic (exact) mass is 289 g/mol. The summed E-state index contributed by atoms with van der Waals surface area (Å²) in [6, 6.07) is 0. The van der Waals surface area contributed by atoms with Crippen LogP contribution >= 0.6 is 0 Å². The van der Waals surface area contributed by atoms with Gasteiger partial charge in [-0.2, -0.15) is 0 Å². The molecule has 4 rings (SSSR count). The molecule has 3 atom stereocenters. The molecule has 0 aromatic carbocycles. The Bertz CT molecular complexity index is 590. The number of carbonyl (C=O) groups excluding carboxylic acids is 1. The summed E-state index contributed by atoms with van der Waals surface area (Å²) >= 11 is 0. The molecular weight excluding hydrogens is 270 g/mol. The number of hydrogen-bond donors (Lipinski definition) is 1. The smallest absolute Gasteiger partial charge is 0.357 e. The Balaban J connectivity index is 1.76. The highest BCUT2D eigenvalue weighted by Crippen LogP contribution is 2.43. The molecule has 1 N–H and O–H groups in total. The fourth-order valence-electron chi connectivity index (χ4n) is 3.72. The van der Waals surface area contributed by atoms with E-state index >= 15 is 0 Å². The standard InChI is InChI=1S/C15H19N3O3/c1-20-15(19)13-9-4-5-16-7-11(9)17-14(18-13)10-6-8-2-3-12(10)21-8/h8,10,12,16H,2-7H2,1H3. The summed E-state index contributed by atoms with van der Waals surface area (Å²) < 4.78 is 10.8. The van der Waals surface area contributed by atoms with Gasteiger partial charge in [-0.3, -0.25) is 0 Å². The van der Waals surface area contributed by atoms with Crippen LogP contribution in [0.1, 0.15) is 52.8 Å². The summed E-state index contributed by atoms with van der Waals surface area (Å²) in [6.07, 6.45) is 4.51. The predicted octanol–water partition coefficient (Wildman–Crippen LogP) is 0.944. The van der Waals surface area contributed by atoms with Crippen molar-refractivity contribution in [1.82, 2.24) is 15.3 Å². The van der Waals surface area contributed by atoms with Crippen molar-refractivity contribution in [3.63, 3.8) is 0 Å². The van der Waals surface area contributed by atoms with Crippen LogP contribution < -0.4 is 5.32 Å². The lowest BCUT2D eigenvalue weighted by Crippen LogP contribution is -2.30. The maximum absolute atomic E-state index is 12.0. The molecule has 2 saturated heterocycles. The third-order valence-electron chi connectivity index (χ3n) is 4.77. The minimum absolute atomic E-state index is 0.218. The minimum atomic E-state index is -0.360. The molecule has 3 unspecified atom stereocenters. The third-order valence-corrected chi connectivity index (χ3v) is 4.77. The number of nitrogens with one attached hydrogen (secondary N) is 1. The van der Waals surface area contributed by atoms with Crippen LogP contribution in [0.5, 0.6) is 0 Å². The summed E-state index contributed by atoms with van der Waals surface area (Å²) in [7, 11) is 1.40. The lowest BCUT2D eigenvalue weighted by atomic mass is 9.88. The largest absolute Gasteiger partial charge is 0.464 e. The maximum Gasteiger partial charge on any atom is 0.357 e. The first-order valence-corrected chi connectivity index (χ1v) is 7.60. The fourth-order valence-corrected chi connectivity index (χ4v) is 3.72. The zero-order valence-corrected chi connectivity index (χ0v) is 12.1. The molecule has 4 heterocycles. The minimum Gasteiger partial charge on any atom is -0.464 e. The van der Waals surface area contributed by atoms with Gasteiger partial charge in [0.15, 0.2) is 5.69 Å². The second kappa shape index (κ2) is 5.03. The van der Waals surface area contributed by atoms with E-state index in [1.54, 1.807) is 0 Å². The first-order chi connectivity index (χ1) is 10.3. The van der Waals surface area contributed by atoms with Gasteiger partial charge in [0.1, 0.15) is 5.82 Å². The summed E-state index contributed by atoms with van der Waals surface area (Å²) in [6.45, 7) is 1.54. The van der Waals surface area contributed by atoms with Crippen LogP contribution in [0, 0.1) is 0 Å². The molecule has 21 heavy (non-hydrogen) atoms. The van der Waals surface area contributed by atoms with Gasteiger partial charge in [-0.25, -0.2) is 14.8 Å². The van der Waals surface area contributed by atoms with E-state index in [0.29, 0.717) is 18.3 Å². The molecule has 0 amide bonds. The SMILES string of the molecule is COC(=O)c1nc(C2CC3CCC2O3)nc2c1CCNC2. The number of esters is 1. The number of hydrogen-bond acceptors (Lipinski definition) is 6. The Morgan fingerprint density at radius 3 is 3.00 bits per heavy atom. The second-order valence-electron chi connectivity index (χ2n) is 5.99. The Hall–Kier alpha value is -1.53. The van der Waals surface area contributed by atoms with Gasteiger partial charge in [0.05, 0.1) is 25.0 Å². The Morgan fingerprint density at radius 2 is 2.29 bits per heavy atom. The number of fused-ring (bicyclic) bond motifs is 3. The van der Waals surface area contributed by atoms with Gasteiger partial charge in [0.25, 0.3) is 0 Å². The van der Waals surface area contributed by atoms with Crippen LogP contribution in [0.25, 0.3) is 0 Å². The van der Waals surface area contributed by atoms with E-state index in [1.165, 1.54) is 7.11 Å². The summed E-state index contributed by atoms with van der Waals surface area (Å²) in [5.74, 6) is 0.616. The van der Waals surface area contributed by atoms with E-state index in [9.17, 15) is 4.79 Å². The molecule has 6 nitrogen and oxygen atoms in total. The van der Waals surface area contributed by atoms with E-state index in [-0.39, 0.29) is 18.0 Å². The molecule has 112 valence electrons. The quantitative estimate of drug-likeness (QED) is 0.817. The van der Waals surface area contributed by atoms with E-state index in [1.807, 2.05) is 0 Å². The number of carbonyl (C=O) groups is 1. The van der Waals surface area contributed by atoms with Gasteiger partial charge in [0.2, 0.25) is 0 Å². The number of ether oxygens (including phenoxy) is 2. The number of nitrogens with zero attached hydrogens (tertiary/aromatic N) is 2. The second-order valence-corrected chi connectivity index (χ2v) is 5.99. The highest BCUT2D eigenvalue weighted by Gasteiger charge is 2.43. The van der Waals surface area contributed by atoms with Crippen molar-refractivity contribution < 1.29 is 14.3 Å². The molecule has 1 aromatic rings. The van der Waals surface area contributed by atoms with Crippen molar-refractivity contribution in [2.75, 3.05) is 13.7 Å². The Kier molecular flexibility index (Phi) is 3.15. The number of methoxy groups -OCH3 is 1. The van der Waals surface area contributed by atoms with Crippen LogP contribution in [-0.4, -0.2) is 41.8 Å². The highest BCUT2D eigenvalue weighted by atomic mass is 16.5. The van der Waals surface area contributed by atoms with Crippen molar-refractivity contribution in [2.24, 2.45) is 0 Å². The van der Waals surface area contributed by atoms with E-state index in [4.69, 9.17) is 14.5 Å². The lowest BCUT2D eigenvalue weighted by Gasteiger charge is -2.22. The molecule has 0 radical (unpaired) electrons. The van der Waals surface area contributed by atoms with Crippen molar-refractivity contribution >= 4 is 5.97 Å². The van der Waals surface area contributed by atoms with Crippen molar-refractivity contribution in [1.29, 1.82) is 0 Å². The average molecular weight is 289 g/mol. The molecule has 0 spiro atoms. The first-order valence-electron chi connectivity index (χ1n) is 7.60. The fraction of sp³-hybridized carbons (Fsp3) is 0.667. The summed E-state index contributed by atoms with van der Waals surface area (Å²) in [4.78, 5) is 21.3. The van der Waals surface area contributed by atoms with E-state index < -0.39 is 0 Å². The summed E-state index contributed by atoms with van der Waals surface area (Å²) in [5.41, 5.74) is 2.32. The molecule has 2 bridgehead atoms. The molecule has 3 aliphatic heterocycles. The van der Waals surface area contributed by atoms with Crippen LogP contribution in [-0.2, 0) is 22.4 Å². The molecule has 1 aromatic heterocycles. The van der Waals surface area contributed by atoms with Gasteiger partial charge in [-0.1, -0.05) is 0 Å². The van der Waals surface area contributed by atoms with Crippen molar-refractivity contribution in [3.8, 4) is 0 Å². The molecule has 0 aliphatic carbocycles. The van der Waals surface area contributed by atoms with Crippen molar-refractivity contribution in [3.05, 3.63) is 22.8 Å². The van der Waals surface area contributed by atoms with Crippen LogP contribution in [0.15, 0.2) is 0 Å². The van der Waals surface area contributed by atoms with Gasteiger partial charge < -0.3 is 14.8 Å². The molecule has 3 aliphatic rings. The number of aromatic nitrogens is 2. The Morgan fingerprint density at radius 1 is 1.38 bits per heavy atom. The molecule has 0 saturated carbocycles. The average Bonchev–Trinajstić information content (AvgIpc) is 3.16. The van der Waals surface area contributed by atoms with Gasteiger partial charge >= 0.3 is 5.97 Å². The van der Waals surface area contributed by atoms with Gasteiger partial charge in [-0.05, 0) is 32.2 Å². The van der Waals surface area contributed by atoms with Gasteiger partial charge in [-0.15, -0.1) is 0 Å². The van der Waals surface area contributed by atoms with Crippen molar-refractivity contribution in [2.45, 2.75) is 50.4 Å². The maximum atomic E-state index is 12.0. The molecule has 6 heteroatoms. The summed E-state index contributed by atoms with van der Waals surface area (Å²) in [5, 5.41) is 3.30. The third kappa shape index (κ3) is 2.13. The van der Waals surface area contributed by atoms with Crippen LogP contribution in [0.2, 0.25) is 0 Å². The normalized spacial score (nSPS) is 30.2. The highest BCUT2D eigenvalue weighted by molar-refractivity contribution is 5.89. The first kappa shape index (κ1) is 13.2. The zero-order chi connectivity index (χ0) is 14.4. The Labute approximate surface area is 123 Å². The lowest BCUT2D eigenvalue weighted by molar-refractivity contribution is 0.0590. The van der Waals surface area contributed by atoms with Gasteiger partial charge in [0, 0.05) is 18.0 Å². The van der Waals surface area contributed by atoms with Crippen LogP contribution in [0.4, 0.5) is 0 Å². The molecule has 2 fully saturated rings.